The number of likely N-dealkylation sites (N-methyl/N-ethyl adjacent to an activating group) is 1. The Labute approximate surface area is 211 Å². The lowest BCUT2D eigenvalue weighted by Crippen LogP contribution is -2.58. The van der Waals surface area contributed by atoms with Crippen LogP contribution in [0, 0.1) is 11.8 Å². The van der Waals surface area contributed by atoms with E-state index >= 15 is 0 Å². The number of carbonyl (C=O) groups excluding carboxylic acids is 2. The van der Waals surface area contributed by atoms with Crippen molar-refractivity contribution in [3.8, 4) is 0 Å². The van der Waals surface area contributed by atoms with Crippen molar-refractivity contribution in [2.75, 3.05) is 26.4 Å². The summed E-state index contributed by atoms with van der Waals surface area (Å²) in [6, 6.07) is 7.35. The van der Waals surface area contributed by atoms with Gasteiger partial charge in [-0.25, -0.2) is 8.42 Å². The highest BCUT2D eigenvalue weighted by atomic mass is 32.2. The number of carbonyl (C=O) groups is 2. The molecule has 0 bridgehead atoms. The van der Waals surface area contributed by atoms with Gasteiger partial charge in [-0.3, -0.25) is 9.59 Å². The zero-order valence-electron chi connectivity index (χ0n) is 22.1. The summed E-state index contributed by atoms with van der Waals surface area (Å²) in [4.78, 5) is 25.9. The molecule has 5 atom stereocenters. The largest absolute Gasteiger partial charge is 0.390 e. The number of nitrogens with one attached hydrogen (secondary N) is 3. The molecule has 1 aromatic rings. The van der Waals surface area contributed by atoms with E-state index in [4.69, 9.17) is 0 Å². The van der Waals surface area contributed by atoms with Gasteiger partial charge in [0.25, 0.3) is 0 Å². The highest BCUT2D eigenvalue weighted by Crippen LogP contribution is 2.14. The van der Waals surface area contributed by atoms with Crippen molar-refractivity contribution >= 4 is 21.8 Å². The maximum absolute atomic E-state index is 13.4. The minimum absolute atomic E-state index is 0.0678. The van der Waals surface area contributed by atoms with Gasteiger partial charge in [-0.05, 0) is 37.8 Å². The van der Waals surface area contributed by atoms with E-state index in [-0.39, 0.29) is 30.8 Å². The second kappa shape index (κ2) is 14.5. The Kier molecular flexibility index (Phi) is 12.9. The van der Waals surface area contributed by atoms with Crippen LogP contribution in [0.15, 0.2) is 30.3 Å². The Morgan fingerprint density at radius 1 is 1.00 bits per heavy atom. The third-order valence-electron chi connectivity index (χ3n) is 6.14. The summed E-state index contributed by atoms with van der Waals surface area (Å²) >= 11 is 0. The molecule has 9 nitrogen and oxygen atoms in total. The normalized spacial score (nSPS) is 16.4. The lowest BCUT2D eigenvalue weighted by molar-refractivity contribution is -0.131. The van der Waals surface area contributed by atoms with Gasteiger partial charge < -0.3 is 21.1 Å². The minimum Gasteiger partial charge on any atom is -0.390 e. The Hall–Kier alpha value is -2.01. The van der Waals surface area contributed by atoms with Gasteiger partial charge in [0.1, 0.15) is 6.04 Å². The molecule has 35 heavy (non-hydrogen) atoms. The maximum atomic E-state index is 13.4. The number of hydrogen-bond donors (Lipinski definition) is 4. The smallest absolute Gasteiger partial charge is 0.243 e. The van der Waals surface area contributed by atoms with Crippen LogP contribution in [-0.2, 0) is 26.0 Å². The highest BCUT2D eigenvalue weighted by Gasteiger charge is 2.32. The summed E-state index contributed by atoms with van der Waals surface area (Å²) in [7, 11) is -1.89. The third-order valence-corrected chi connectivity index (χ3v) is 7.37. The van der Waals surface area contributed by atoms with Gasteiger partial charge in [-0.1, -0.05) is 64.4 Å². The molecule has 0 aliphatic rings. The first-order valence-corrected chi connectivity index (χ1v) is 14.1. The van der Waals surface area contributed by atoms with Crippen LogP contribution in [0.2, 0.25) is 0 Å². The summed E-state index contributed by atoms with van der Waals surface area (Å²) in [5.74, 6) is -0.789. The van der Waals surface area contributed by atoms with Gasteiger partial charge in [-0.2, -0.15) is 4.31 Å². The molecule has 0 spiro atoms. The second-order valence-corrected chi connectivity index (χ2v) is 11.7. The first-order chi connectivity index (χ1) is 16.3. The summed E-state index contributed by atoms with van der Waals surface area (Å²) in [6.45, 7) is 9.44. The van der Waals surface area contributed by atoms with Crippen LogP contribution in [0.1, 0.15) is 46.6 Å². The van der Waals surface area contributed by atoms with E-state index in [9.17, 15) is 23.1 Å². The number of benzene rings is 1. The van der Waals surface area contributed by atoms with Crippen molar-refractivity contribution in [1.82, 2.24) is 20.3 Å². The molecule has 10 heteroatoms. The van der Waals surface area contributed by atoms with Gasteiger partial charge in [0.15, 0.2) is 0 Å². The predicted molar refractivity (Wildman–Crippen MR) is 139 cm³/mol. The SMILES string of the molecule is CCC(C)[C@H](NC(=O)[C@@H](C)NC)C(=O)N[C@@H](Cc1ccccc1)[C@H](O)CN(CC(C)C)S(C)(=O)=O. The number of sulfonamides is 1. The number of aliphatic hydroxyl groups excluding tert-OH is 1. The lowest BCUT2D eigenvalue weighted by atomic mass is 9.95. The van der Waals surface area contributed by atoms with E-state index in [0.29, 0.717) is 12.8 Å². The molecule has 0 saturated carbocycles. The van der Waals surface area contributed by atoms with Crippen LogP contribution in [0.3, 0.4) is 0 Å². The number of rotatable bonds is 15. The molecule has 0 fully saturated rings. The van der Waals surface area contributed by atoms with E-state index in [1.54, 1.807) is 14.0 Å². The molecule has 0 radical (unpaired) electrons. The first-order valence-electron chi connectivity index (χ1n) is 12.2. The van der Waals surface area contributed by atoms with Crippen LogP contribution in [0.25, 0.3) is 0 Å². The third kappa shape index (κ3) is 10.6. The molecule has 0 aromatic heterocycles. The number of nitrogens with zero attached hydrogens (tertiary/aromatic N) is 1. The monoisotopic (exact) mass is 512 g/mol. The molecule has 1 rings (SSSR count). The van der Waals surface area contributed by atoms with Crippen molar-refractivity contribution < 1.29 is 23.1 Å². The molecule has 0 heterocycles. The summed E-state index contributed by atoms with van der Waals surface area (Å²) in [5, 5.41) is 19.7. The maximum Gasteiger partial charge on any atom is 0.243 e. The van der Waals surface area contributed by atoms with Gasteiger partial charge >= 0.3 is 0 Å². The Morgan fingerprint density at radius 3 is 2.09 bits per heavy atom. The minimum atomic E-state index is -3.56. The van der Waals surface area contributed by atoms with Gasteiger partial charge in [-0.15, -0.1) is 0 Å². The lowest BCUT2D eigenvalue weighted by Gasteiger charge is -2.32. The Bertz CT molecular complexity index is 894. The van der Waals surface area contributed by atoms with Crippen LogP contribution >= 0.6 is 0 Å². The van der Waals surface area contributed by atoms with E-state index in [2.05, 4.69) is 16.0 Å². The molecule has 1 aromatic carbocycles. The molecule has 0 aliphatic carbocycles. The molecule has 200 valence electrons. The van der Waals surface area contributed by atoms with E-state index in [1.807, 2.05) is 58.0 Å². The highest BCUT2D eigenvalue weighted by molar-refractivity contribution is 7.88. The van der Waals surface area contributed by atoms with E-state index in [1.165, 1.54) is 4.31 Å². The summed E-state index contributed by atoms with van der Waals surface area (Å²) in [5.41, 5.74) is 0.888. The number of amides is 2. The fraction of sp³-hybridized carbons (Fsp3) is 0.680. The molecule has 1 unspecified atom stereocenters. The summed E-state index contributed by atoms with van der Waals surface area (Å²) < 4.78 is 25.9. The zero-order valence-corrected chi connectivity index (χ0v) is 22.9. The topological polar surface area (TPSA) is 128 Å². The first kappa shape index (κ1) is 31.0. The van der Waals surface area contributed by atoms with E-state index in [0.717, 1.165) is 11.8 Å². The van der Waals surface area contributed by atoms with Crippen LogP contribution in [-0.4, -0.2) is 80.3 Å². The quantitative estimate of drug-likeness (QED) is 0.279. The second-order valence-electron chi connectivity index (χ2n) is 9.73. The average molecular weight is 513 g/mol. The van der Waals surface area contributed by atoms with Crippen molar-refractivity contribution in [2.24, 2.45) is 11.8 Å². The predicted octanol–water partition coefficient (Wildman–Crippen LogP) is 1.13. The fourth-order valence-corrected chi connectivity index (χ4v) is 4.62. The Morgan fingerprint density at radius 2 is 1.60 bits per heavy atom. The van der Waals surface area contributed by atoms with Crippen molar-refractivity contribution in [3.05, 3.63) is 35.9 Å². The molecular weight excluding hydrogens is 468 g/mol. The molecular formula is C25H44N4O5S. The van der Waals surface area contributed by atoms with Crippen molar-refractivity contribution in [1.29, 1.82) is 0 Å². The number of hydrogen-bond acceptors (Lipinski definition) is 6. The van der Waals surface area contributed by atoms with Crippen molar-refractivity contribution in [3.63, 3.8) is 0 Å². The molecule has 2 amide bonds. The van der Waals surface area contributed by atoms with Gasteiger partial charge in [0.2, 0.25) is 21.8 Å². The van der Waals surface area contributed by atoms with E-state index < -0.39 is 40.2 Å². The van der Waals surface area contributed by atoms with Crippen LogP contribution in [0.5, 0.6) is 0 Å². The fourth-order valence-electron chi connectivity index (χ4n) is 3.62. The molecule has 0 aliphatic heterocycles. The average Bonchev–Trinajstić information content (AvgIpc) is 2.80. The van der Waals surface area contributed by atoms with Gasteiger partial charge in [0.05, 0.1) is 24.4 Å². The van der Waals surface area contributed by atoms with Crippen molar-refractivity contribution in [2.45, 2.75) is 71.7 Å². The van der Waals surface area contributed by atoms with Crippen LogP contribution in [0.4, 0.5) is 0 Å². The van der Waals surface area contributed by atoms with Crippen LogP contribution < -0.4 is 16.0 Å². The van der Waals surface area contributed by atoms with Gasteiger partial charge in [0, 0.05) is 13.1 Å². The summed E-state index contributed by atoms with van der Waals surface area (Å²) in [6.07, 6.45) is 0.928. The molecule has 4 N–H and O–H groups in total. The Balaban J connectivity index is 3.19. The standard InChI is InChI=1S/C25H44N4O5S/c1-8-18(4)23(28-24(31)19(5)26-6)25(32)27-21(14-20-12-10-9-11-13-20)22(30)16-29(15-17(2)3)35(7,33)34/h9-13,17-19,21-23,26,30H,8,14-16H2,1-7H3,(H,27,32)(H,28,31)/t18?,19-,21+,22-,23+/m1/s1. The zero-order chi connectivity index (χ0) is 26.8. The number of aliphatic hydroxyl groups is 1. The molecule has 0 saturated heterocycles.